The number of rotatable bonds is 0. The molecule has 0 aromatic carbocycles. The van der Waals surface area contributed by atoms with Gasteiger partial charge in [0.25, 0.3) is 0 Å². The maximum atomic E-state index is 8.93. The van der Waals surface area contributed by atoms with Gasteiger partial charge >= 0.3 is 33.6 Å². The van der Waals surface area contributed by atoms with Crippen LogP contribution in [0.1, 0.15) is 0 Å². The van der Waals surface area contributed by atoms with Crippen molar-refractivity contribution in [3.8, 4) is 0 Å². The summed E-state index contributed by atoms with van der Waals surface area (Å²) in [5.41, 5.74) is 0. The Morgan fingerprint density at radius 3 is 0.360 bits per heavy atom. The van der Waals surface area contributed by atoms with Gasteiger partial charge in [-0.2, -0.15) is 0 Å². The number of carbonyl (C=O) groups excluding carboxylic acids is 6. The largest absolute Gasteiger partial charge is 3.00 e. The van der Waals surface area contributed by atoms with Gasteiger partial charge in [0.15, 0.2) is 0 Å². The van der Waals surface area contributed by atoms with Crippen LogP contribution in [0.15, 0.2) is 0 Å². The van der Waals surface area contributed by atoms with Gasteiger partial charge in [-0.05, 0) is 0 Å². The van der Waals surface area contributed by atoms with E-state index in [0.29, 0.717) is 0 Å². The molecule has 0 saturated carbocycles. The molecule has 0 aliphatic rings. The Balaban J connectivity index is -0.0000000148. The Morgan fingerprint density at radius 2 is 0.360 bits per heavy atom. The molecule has 17 nitrogen and oxygen atoms in total. The Morgan fingerprint density at radius 1 is 0.320 bits per heavy atom. The quantitative estimate of drug-likeness (QED) is 0.206. The first-order chi connectivity index (χ1) is 7.93. The van der Waals surface area contributed by atoms with Crippen LogP contribution < -0.4 is 61.4 Å². The zero-order valence-corrected chi connectivity index (χ0v) is 14.2. The summed E-state index contributed by atoms with van der Waals surface area (Å²) < 4.78 is 0. The standard InChI is InChI=1S/3C2H2O4.2Co.5H3N/c3*3-1(4)2(5)6;;;;;;;/h3*(H,3,4)(H,5,6);;;5*1H3/q;;;2*+3;;;;;/p-6. The summed E-state index contributed by atoms with van der Waals surface area (Å²) >= 11 is 0. The van der Waals surface area contributed by atoms with Gasteiger partial charge in [0.05, 0.1) is 35.8 Å². The van der Waals surface area contributed by atoms with Crippen LogP contribution in [-0.4, -0.2) is 35.8 Å². The van der Waals surface area contributed by atoms with Crippen molar-refractivity contribution in [3.63, 3.8) is 0 Å². The molecule has 0 amide bonds. The van der Waals surface area contributed by atoms with Gasteiger partial charge in [-0.3, -0.25) is 0 Å². The number of carboxylic acids is 6. The number of hydrogen-bond donors (Lipinski definition) is 5. The minimum Gasteiger partial charge on any atom is -0.543 e. The second kappa shape index (κ2) is 37.7. The molecule has 0 aromatic heterocycles. The fourth-order valence-electron chi connectivity index (χ4n) is 0. The van der Waals surface area contributed by atoms with Crippen molar-refractivity contribution in [3.05, 3.63) is 0 Å². The maximum absolute atomic E-state index is 8.93. The van der Waals surface area contributed by atoms with E-state index in [-0.39, 0.29) is 64.3 Å². The molecule has 0 spiro atoms. The fourth-order valence-corrected chi connectivity index (χ4v) is 0. The molecular formula is C6H15Co2N5O12. The summed E-state index contributed by atoms with van der Waals surface area (Å²) in [7, 11) is 0. The van der Waals surface area contributed by atoms with E-state index in [0.717, 1.165) is 0 Å². The van der Waals surface area contributed by atoms with Crippen molar-refractivity contribution in [1.82, 2.24) is 30.8 Å². The molecule has 0 fully saturated rings. The molecule has 25 heavy (non-hydrogen) atoms. The fraction of sp³-hybridized carbons (Fsp3) is 0. The Labute approximate surface area is 160 Å². The van der Waals surface area contributed by atoms with Crippen LogP contribution >= 0.6 is 0 Å². The zero-order valence-electron chi connectivity index (χ0n) is 12.1. The van der Waals surface area contributed by atoms with Crippen LogP contribution in [-0.2, 0) is 62.3 Å². The predicted octanol–water partition coefficient (Wildman–Crippen LogP) is -9.74. The molecule has 0 atom stereocenters. The van der Waals surface area contributed by atoms with Crippen molar-refractivity contribution in [2.75, 3.05) is 0 Å². The SMILES string of the molecule is N.N.N.N.N.O=C([O-])C(=O)[O-].O=C([O-])C(=O)[O-].O=C([O-])C(=O)[O-].[Co+3].[Co+3]. The van der Waals surface area contributed by atoms with Gasteiger partial charge < -0.3 is 90.2 Å². The molecule has 19 heteroatoms. The van der Waals surface area contributed by atoms with Crippen LogP contribution in [0.4, 0.5) is 0 Å². The first-order valence-electron chi connectivity index (χ1n) is 3.20. The summed E-state index contributed by atoms with van der Waals surface area (Å²) in [6.07, 6.45) is 0. The smallest absolute Gasteiger partial charge is 0.543 e. The summed E-state index contributed by atoms with van der Waals surface area (Å²) in [5.74, 6) is -13.1. The van der Waals surface area contributed by atoms with E-state index in [1.54, 1.807) is 0 Å². The number of carboxylic acid groups (broad SMARTS) is 6. The number of carbonyl (C=O) groups is 6. The number of hydrogen-bond acceptors (Lipinski definition) is 17. The minimum absolute atomic E-state index is 0. The Hall–Kier alpha value is -2.37. The van der Waals surface area contributed by atoms with Crippen LogP contribution in [0.25, 0.3) is 0 Å². The van der Waals surface area contributed by atoms with Crippen LogP contribution in [0.3, 0.4) is 0 Å². The summed E-state index contributed by atoms with van der Waals surface area (Å²) in [6.45, 7) is 0. The molecule has 0 radical (unpaired) electrons. The van der Waals surface area contributed by atoms with Gasteiger partial charge in [0.2, 0.25) is 0 Å². The molecule has 0 saturated heterocycles. The molecule has 15 N–H and O–H groups in total. The number of aliphatic carboxylic acids is 6. The molecule has 0 heterocycles. The van der Waals surface area contributed by atoms with Crippen LogP contribution in [0, 0.1) is 0 Å². The van der Waals surface area contributed by atoms with Crippen molar-refractivity contribution < 1.29 is 93.0 Å². The molecule has 0 rings (SSSR count). The van der Waals surface area contributed by atoms with E-state index in [1.165, 1.54) is 0 Å². The predicted molar refractivity (Wildman–Crippen MR) is 55.2 cm³/mol. The third-order valence-electron chi connectivity index (χ3n) is 0.500. The van der Waals surface area contributed by atoms with E-state index < -0.39 is 35.8 Å². The molecule has 0 aliphatic heterocycles. The molecular weight excluding hydrogens is 452 g/mol. The van der Waals surface area contributed by atoms with Crippen molar-refractivity contribution in [2.45, 2.75) is 0 Å². The van der Waals surface area contributed by atoms with Gasteiger partial charge in [-0.1, -0.05) is 0 Å². The first-order valence-corrected chi connectivity index (χ1v) is 3.20. The Bertz CT molecular complexity index is 299. The third-order valence-corrected chi connectivity index (χ3v) is 0.500. The zero-order chi connectivity index (χ0) is 15.5. The second-order valence-electron chi connectivity index (χ2n) is 1.72. The minimum atomic E-state index is -2.19. The molecule has 0 aliphatic carbocycles. The third kappa shape index (κ3) is 89.9. The van der Waals surface area contributed by atoms with Crippen molar-refractivity contribution in [1.29, 1.82) is 0 Å². The summed E-state index contributed by atoms with van der Waals surface area (Å²) in [6, 6.07) is 0. The van der Waals surface area contributed by atoms with Crippen molar-refractivity contribution >= 4 is 35.8 Å². The first kappa shape index (κ1) is 66.4. The monoisotopic (exact) mass is 467 g/mol. The summed E-state index contributed by atoms with van der Waals surface area (Å²) in [5, 5.41) is 53.6. The molecule has 0 unspecified atom stereocenters. The summed E-state index contributed by atoms with van der Waals surface area (Å²) in [4.78, 5) is 53.6. The van der Waals surface area contributed by atoms with E-state index in [2.05, 4.69) is 0 Å². The van der Waals surface area contributed by atoms with Gasteiger partial charge in [-0.25, -0.2) is 0 Å². The van der Waals surface area contributed by atoms with Crippen molar-refractivity contribution in [2.24, 2.45) is 0 Å². The molecule has 154 valence electrons. The van der Waals surface area contributed by atoms with Gasteiger partial charge in [0.1, 0.15) is 0 Å². The van der Waals surface area contributed by atoms with E-state index in [9.17, 15) is 0 Å². The van der Waals surface area contributed by atoms with Crippen LogP contribution in [0.2, 0.25) is 0 Å². The normalized spacial score (nSPS) is 5.28. The average Bonchev–Trinajstić information content (AvgIpc) is 2.18. The van der Waals surface area contributed by atoms with E-state index in [4.69, 9.17) is 59.4 Å². The molecule has 0 bridgehead atoms. The van der Waals surface area contributed by atoms with Gasteiger partial charge in [0, 0.05) is 0 Å². The van der Waals surface area contributed by atoms with E-state index >= 15 is 0 Å². The Kier molecular flexibility index (Phi) is 100. The van der Waals surface area contributed by atoms with E-state index in [1.807, 2.05) is 0 Å². The topological polar surface area (TPSA) is 416 Å². The average molecular weight is 467 g/mol. The maximum Gasteiger partial charge on any atom is 3.00 e. The van der Waals surface area contributed by atoms with Crippen LogP contribution in [0.5, 0.6) is 0 Å². The molecule has 0 aromatic rings. The van der Waals surface area contributed by atoms with Gasteiger partial charge in [-0.15, -0.1) is 0 Å². The second-order valence-corrected chi connectivity index (χ2v) is 1.72.